The molecule has 40 heavy (non-hydrogen) atoms. The van der Waals surface area contributed by atoms with Gasteiger partial charge in [0.1, 0.15) is 5.75 Å². The molecule has 1 saturated heterocycles. The maximum Gasteiger partial charge on any atom is 0.264 e. The van der Waals surface area contributed by atoms with Crippen molar-refractivity contribution in [1.29, 1.82) is 0 Å². The fraction of sp³-hybridized carbons (Fsp3) is 0.355. The summed E-state index contributed by atoms with van der Waals surface area (Å²) in [4.78, 5) is 28.7. The van der Waals surface area contributed by atoms with Crippen LogP contribution in [0.5, 0.6) is 5.75 Å². The Kier molecular flexibility index (Phi) is 7.24. The molecule has 0 aliphatic carbocycles. The van der Waals surface area contributed by atoms with Crippen molar-refractivity contribution in [3.05, 3.63) is 77.9 Å². The normalized spacial score (nSPS) is 23.9. The number of carbonyl (C=O) groups excluding carboxylic acids is 2. The van der Waals surface area contributed by atoms with E-state index in [2.05, 4.69) is 37.5 Å². The van der Waals surface area contributed by atoms with E-state index in [-0.39, 0.29) is 36.0 Å². The summed E-state index contributed by atoms with van der Waals surface area (Å²) in [7, 11) is 1.17. The van der Waals surface area contributed by atoms with Crippen LogP contribution < -0.4 is 25.9 Å². The molecule has 2 aliphatic rings. The molecule has 1 fully saturated rings. The second-order valence-electron chi connectivity index (χ2n) is 11.3. The largest absolute Gasteiger partial charge is 0.497 e. The number of hydrogen-bond donors (Lipinski definition) is 3. The van der Waals surface area contributed by atoms with E-state index >= 15 is 0 Å². The summed E-state index contributed by atoms with van der Waals surface area (Å²) in [6.45, 7) is 6.67. The summed E-state index contributed by atoms with van der Waals surface area (Å²) in [6.07, 6.45) is 0.128. The quantitative estimate of drug-likeness (QED) is 0.297. The van der Waals surface area contributed by atoms with E-state index in [4.69, 9.17) is 15.2 Å². The van der Waals surface area contributed by atoms with Crippen molar-refractivity contribution in [3.63, 3.8) is 0 Å². The lowest BCUT2D eigenvalue weighted by Crippen LogP contribution is -2.51. The molecular formula is C31H37N3O5Si. The van der Waals surface area contributed by atoms with Gasteiger partial charge in [-0.3, -0.25) is 9.59 Å². The molecule has 4 N–H and O–H groups in total. The summed E-state index contributed by atoms with van der Waals surface area (Å²) >= 11 is 0. The third-order valence-electron chi connectivity index (χ3n) is 8.81. The number of rotatable bonds is 7. The van der Waals surface area contributed by atoms with E-state index in [1.807, 2.05) is 24.3 Å². The first-order chi connectivity index (χ1) is 19.0. The standard InChI is InChI=1S/C31H37N3O5Si/c1-19-28(40(4,5)24-13-11-23(38-3)12-14-24)27(16-17-35)39-31(19)25-18-22(10-15-26(25)34(2)30(31)37)33-29(36)20-6-8-21(32)9-7-20/h6-15,18-19,27-28,35H,16-17,32H2,1-5H3,(H,33,36)/t19-,27+,28-,31+/m0/s1. The third-order valence-corrected chi connectivity index (χ3v) is 13.2. The van der Waals surface area contributed by atoms with E-state index in [0.29, 0.717) is 23.4 Å². The molecule has 210 valence electrons. The van der Waals surface area contributed by atoms with Crippen molar-refractivity contribution in [3.8, 4) is 5.75 Å². The number of benzene rings is 3. The second-order valence-corrected chi connectivity index (χ2v) is 16.0. The molecule has 9 heteroatoms. The predicted octanol–water partition coefficient (Wildman–Crippen LogP) is 4.10. The highest BCUT2D eigenvalue weighted by atomic mass is 28.3. The highest BCUT2D eigenvalue weighted by Gasteiger charge is 2.65. The van der Waals surface area contributed by atoms with Crippen molar-refractivity contribution in [2.45, 2.75) is 43.7 Å². The Labute approximate surface area is 236 Å². The van der Waals surface area contributed by atoms with Crippen LogP contribution in [0, 0.1) is 5.92 Å². The number of nitrogens with two attached hydrogens (primary N) is 1. The maximum absolute atomic E-state index is 14.1. The number of nitrogens with zero attached hydrogens (tertiary/aromatic N) is 1. The maximum atomic E-state index is 14.1. The summed E-state index contributed by atoms with van der Waals surface area (Å²) in [6, 6.07) is 20.4. The molecule has 0 aromatic heterocycles. The van der Waals surface area contributed by atoms with Crippen molar-refractivity contribution < 1.29 is 24.2 Å². The molecule has 4 atom stereocenters. The van der Waals surface area contributed by atoms with E-state index in [0.717, 1.165) is 17.0 Å². The van der Waals surface area contributed by atoms with Crippen LogP contribution in [0.2, 0.25) is 18.6 Å². The zero-order chi connectivity index (χ0) is 28.8. The van der Waals surface area contributed by atoms with Gasteiger partial charge < -0.3 is 30.5 Å². The Balaban J connectivity index is 1.54. The van der Waals surface area contributed by atoms with Gasteiger partial charge in [-0.1, -0.05) is 37.3 Å². The van der Waals surface area contributed by atoms with Crippen LogP contribution in [0.3, 0.4) is 0 Å². The average molecular weight is 560 g/mol. The van der Waals surface area contributed by atoms with Gasteiger partial charge in [-0.25, -0.2) is 0 Å². The highest BCUT2D eigenvalue weighted by Crippen LogP contribution is 2.59. The van der Waals surface area contributed by atoms with Gasteiger partial charge in [-0.15, -0.1) is 0 Å². The molecule has 2 aliphatic heterocycles. The fourth-order valence-corrected chi connectivity index (χ4v) is 10.8. The lowest BCUT2D eigenvalue weighted by molar-refractivity contribution is -0.145. The molecule has 8 nitrogen and oxygen atoms in total. The van der Waals surface area contributed by atoms with Crippen molar-refractivity contribution in [1.82, 2.24) is 0 Å². The fourth-order valence-electron chi connectivity index (χ4n) is 6.73. The topological polar surface area (TPSA) is 114 Å². The molecule has 1 spiro atoms. The van der Waals surface area contributed by atoms with Crippen molar-refractivity contribution >= 4 is 42.1 Å². The SMILES string of the molecule is COc1ccc([Si](C)(C)[C@@H]2[C@@H](CCO)O[C@]3(C(=O)N(C)c4ccc(NC(=O)c5ccc(N)cc5)cc43)[C@H]2C)cc1. The van der Waals surface area contributed by atoms with Crippen LogP contribution in [0.1, 0.15) is 29.3 Å². The number of hydrogen-bond acceptors (Lipinski definition) is 6. The predicted molar refractivity (Wildman–Crippen MR) is 160 cm³/mol. The van der Waals surface area contributed by atoms with Gasteiger partial charge in [-0.2, -0.15) is 0 Å². The zero-order valence-corrected chi connectivity index (χ0v) is 24.6. The van der Waals surface area contributed by atoms with Crippen LogP contribution in [0.25, 0.3) is 0 Å². The summed E-state index contributed by atoms with van der Waals surface area (Å²) in [5.74, 6) is 0.230. The Morgan fingerprint density at radius 1 is 1.12 bits per heavy atom. The molecule has 3 aromatic rings. The first-order valence-electron chi connectivity index (χ1n) is 13.6. The van der Waals surface area contributed by atoms with Crippen molar-refractivity contribution in [2.75, 3.05) is 36.7 Å². The van der Waals surface area contributed by atoms with Crippen LogP contribution >= 0.6 is 0 Å². The molecule has 2 heterocycles. The number of aliphatic hydroxyl groups is 1. The van der Waals surface area contributed by atoms with E-state index in [1.165, 1.54) is 5.19 Å². The summed E-state index contributed by atoms with van der Waals surface area (Å²) in [5.41, 5.74) is 7.75. The molecule has 3 aromatic carbocycles. The number of nitrogens with one attached hydrogen (secondary N) is 1. The van der Waals surface area contributed by atoms with Gasteiger partial charge in [-0.05, 0) is 66.6 Å². The first kappa shape index (κ1) is 27.9. The van der Waals surface area contributed by atoms with Gasteiger partial charge >= 0.3 is 0 Å². The second kappa shape index (κ2) is 10.4. The van der Waals surface area contributed by atoms with Crippen LogP contribution in [0.15, 0.2) is 66.7 Å². The number of methoxy groups -OCH3 is 1. The number of likely N-dealkylation sites (N-methyl/N-ethyl adjacent to an activating group) is 1. The van der Waals surface area contributed by atoms with Crippen LogP contribution in [-0.4, -0.2) is 51.9 Å². The molecule has 0 unspecified atom stereocenters. The van der Waals surface area contributed by atoms with E-state index in [9.17, 15) is 14.7 Å². The number of nitrogen functional groups attached to an aromatic ring is 1. The van der Waals surface area contributed by atoms with Gasteiger partial charge in [0.25, 0.3) is 11.8 Å². The molecule has 5 rings (SSSR count). The minimum absolute atomic E-state index is 0.0361. The van der Waals surface area contributed by atoms with Gasteiger partial charge in [0.2, 0.25) is 0 Å². The average Bonchev–Trinajstić information content (AvgIpc) is 3.35. The summed E-state index contributed by atoms with van der Waals surface area (Å²) in [5, 5.41) is 14.2. The molecule has 2 amide bonds. The molecule has 0 bridgehead atoms. The van der Waals surface area contributed by atoms with Crippen LogP contribution in [0.4, 0.5) is 17.1 Å². The molecule has 0 radical (unpaired) electrons. The zero-order valence-electron chi connectivity index (χ0n) is 23.6. The lowest BCUT2D eigenvalue weighted by Gasteiger charge is -2.37. The van der Waals surface area contributed by atoms with Gasteiger partial charge in [0.15, 0.2) is 5.60 Å². The van der Waals surface area contributed by atoms with E-state index < -0.39 is 13.7 Å². The number of anilines is 3. The summed E-state index contributed by atoms with van der Waals surface area (Å²) < 4.78 is 12.2. The minimum atomic E-state index is -2.24. The van der Waals surface area contributed by atoms with E-state index in [1.54, 1.807) is 49.4 Å². The van der Waals surface area contributed by atoms with Gasteiger partial charge in [0, 0.05) is 42.1 Å². The highest BCUT2D eigenvalue weighted by molar-refractivity contribution is 6.91. The number of fused-ring (bicyclic) bond motifs is 2. The van der Waals surface area contributed by atoms with Crippen LogP contribution in [-0.2, 0) is 15.1 Å². The number of carbonyl (C=O) groups is 2. The number of ether oxygens (including phenoxy) is 2. The van der Waals surface area contributed by atoms with Gasteiger partial charge in [0.05, 0.1) is 27.0 Å². The third kappa shape index (κ3) is 4.38. The minimum Gasteiger partial charge on any atom is -0.497 e. The number of aliphatic hydroxyl groups excluding tert-OH is 1. The Hall–Kier alpha value is -3.66. The Morgan fingerprint density at radius 2 is 1.80 bits per heavy atom. The number of amides is 2. The first-order valence-corrected chi connectivity index (χ1v) is 16.6. The van der Waals surface area contributed by atoms with Crippen molar-refractivity contribution in [2.24, 2.45) is 5.92 Å². The lowest BCUT2D eigenvalue weighted by atomic mass is 9.82. The smallest absolute Gasteiger partial charge is 0.264 e. The Bertz CT molecular complexity index is 1430. The molecule has 0 saturated carbocycles. The monoisotopic (exact) mass is 559 g/mol. The Morgan fingerprint density at radius 3 is 2.42 bits per heavy atom. The molecular weight excluding hydrogens is 522 g/mol.